The van der Waals surface area contributed by atoms with Crippen molar-refractivity contribution in [3.63, 3.8) is 0 Å². The number of aromatic nitrogens is 2. The minimum absolute atomic E-state index is 0.0622. The first kappa shape index (κ1) is 22.3. The third-order valence-corrected chi connectivity index (χ3v) is 7.08. The molecule has 2 aromatic heterocycles. The Morgan fingerprint density at radius 3 is 2.88 bits per heavy atom. The van der Waals surface area contributed by atoms with E-state index in [9.17, 15) is 14.7 Å². The number of para-hydroxylation sites is 1. The molecule has 0 saturated heterocycles. The van der Waals surface area contributed by atoms with Crippen LogP contribution in [0, 0.1) is 11.8 Å². The van der Waals surface area contributed by atoms with Gasteiger partial charge in [-0.3, -0.25) is 14.6 Å². The Morgan fingerprint density at radius 1 is 1.18 bits per heavy atom. The van der Waals surface area contributed by atoms with E-state index in [1.807, 2.05) is 30.3 Å². The van der Waals surface area contributed by atoms with E-state index in [4.69, 9.17) is 4.98 Å². The van der Waals surface area contributed by atoms with E-state index >= 15 is 0 Å². The fourth-order valence-electron chi connectivity index (χ4n) is 5.04. The number of hydrogen-bond donors (Lipinski definition) is 3. The minimum atomic E-state index is -0.947. The van der Waals surface area contributed by atoms with Gasteiger partial charge in [0.2, 0.25) is 5.91 Å². The summed E-state index contributed by atoms with van der Waals surface area (Å²) in [5.41, 5.74) is 3.97. The number of anilines is 1. The highest BCUT2D eigenvalue weighted by Crippen LogP contribution is 2.37. The second-order valence-electron chi connectivity index (χ2n) is 9.53. The van der Waals surface area contributed by atoms with Crippen LogP contribution in [0.4, 0.5) is 5.82 Å². The van der Waals surface area contributed by atoms with Crippen LogP contribution in [0.25, 0.3) is 10.9 Å². The van der Waals surface area contributed by atoms with Crippen LogP contribution in [0.1, 0.15) is 55.0 Å². The summed E-state index contributed by atoms with van der Waals surface area (Å²) in [7, 11) is 0. The zero-order valence-corrected chi connectivity index (χ0v) is 19.2. The van der Waals surface area contributed by atoms with E-state index in [1.165, 1.54) is 5.56 Å². The lowest BCUT2D eigenvalue weighted by molar-refractivity contribution is -0.138. The predicted octanol–water partition coefficient (Wildman–Crippen LogP) is 4.28. The number of pyridine rings is 2. The molecule has 1 unspecified atom stereocenters. The second-order valence-corrected chi connectivity index (χ2v) is 9.53. The number of aliphatic carboxylic acids is 1. The summed E-state index contributed by atoms with van der Waals surface area (Å²) >= 11 is 0. The van der Waals surface area contributed by atoms with Crippen molar-refractivity contribution < 1.29 is 14.7 Å². The summed E-state index contributed by atoms with van der Waals surface area (Å²) in [5, 5.41) is 16.7. The summed E-state index contributed by atoms with van der Waals surface area (Å²) < 4.78 is 0. The second kappa shape index (κ2) is 9.79. The Hall–Kier alpha value is -3.48. The van der Waals surface area contributed by atoms with Gasteiger partial charge in [0.1, 0.15) is 5.82 Å². The number of benzene rings is 1. The van der Waals surface area contributed by atoms with Gasteiger partial charge in [-0.2, -0.15) is 0 Å². The van der Waals surface area contributed by atoms with Gasteiger partial charge in [-0.1, -0.05) is 24.3 Å². The highest BCUT2D eigenvalue weighted by Gasteiger charge is 2.35. The molecule has 0 spiro atoms. The Kier molecular flexibility index (Phi) is 6.43. The molecule has 1 fully saturated rings. The molecule has 3 aromatic rings. The number of carbonyl (C=O) groups excluding carboxylic acids is 1. The number of nitrogens with zero attached hydrogens (tertiary/aromatic N) is 2. The van der Waals surface area contributed by atoms with Gasteiger partial charge in [-0.05, 0) is 73.8 Å². The third kappa shape index (κ3) is 5.03. The number of aryl methyl sites for hydroxylation is 2. The van der Waals surface area contributed by atoms with Crippen molar-refractivity contribution in [1.82, 2.24) is 15.3 Å². The molecule has 2 aliphatic rings. The molecule has 1 atom stereocenters. The van der Waals surface area contributed by atoms with Crippen molar-refractivity contribution in [2.24, 2.45) is 11.8 Å². The lowest BCUT2D eigenvalue weighted by Crippen LogP contribution is -2.41. The van der Waals surface area contributed by atoms with E-state index in [0.717, 1.165) is 73.0 Å². The van der Waals surface area contributed by atoms with Crippen LogP contribution in [0.3, 0.4) is 0 Å². The topological polar surface area (TPSA) is 104 Å². The Labute approximate surface area is 199 Å². The summed E-state index contributed by atoms with van der Waals surface area (Å²) in [4.78, 5) is 33.6. The first-order chi connectivity index (χ1) is 16.5. The molecule has 1 amide bonds. The summed E-state index contributed by atoms with van der Waals surface area (Å²) in [6.45, 7) is 0.987. The van der Waals surface area contributed by atoms with Gasteiger partial charge in [0, 0.05) is 29.7 Å². The quantitative estimate of drug-likeness (QED) is 0.465. The van der Waals surface area contributed by atoms with Crippen LogP contribution in [-0.4, -0.2) is 33.5 Å². The molecule has 3 N–H and O–H groups in total. The molecular weight excluding hydrogens is 428 g/mol. The number of fused-ring (bicyclic) bond motifs is 2. The van der Waals surface area contributed by atoms with Gasteiger partial charge >= 0.3 is 5.97 Å². The Bertz CT molecular complexity index is 1210. The van der Waals surface area contributed by atoms with Crippen molar-refractivity contribution in [3.05, 3.63) is 65.5 Å². The van der Waals surface area contributed by atoms with E-state index < -0.39 is 12.0 Å². The van der Waals surface area contributed by atoms with Crippen molar-refractivity contribution >= 4 is 28.6 Å². The first-order valence-corrected chi connectivity index (χ1v) is 12.1. The number of nitrogens with one attached hydrogen (secondary N) is 2. The van der Waals surface area contributed by atoms with Gasteiger partial charge in [0.25, 0.3) is 0 Å². The van der Waals surface area contributed by atoms with Gasteiger partial charge in [-0.25, -0.2) is 4.98 Å². The maximum absolute atomic E-state index is 12.9. The lowest BCUT2D eigenvalue weighted by Gasteiger charge is -2.35. The lowest BCUT2D eigenvalue weighted by atomic mass is 9.72. The number of hydrogen-bond acceptors (Lipinski definition) is 5. The molecule has 1 saturated carbocycles. The average Bonchev–Trinajstić information content (AvgIpc) is 2.82. The summed E-state index contributed by atoms with van der Waals surface area (Å²) in [5.74, 6) is 0.459. The molecule has 0 radical (unpaired) electrons. The number of carboxylic acid groups (broad SMARTS) is 1. The van der Waals surface area contributed by atoms with Crippen LogP contribution in [0.5, 0.6) is 0 Å². The molecule has 176 valence electrons. The predicted molar refractivity (Wildman–Crippen MR) is 130 cm³/mol. The maximum atomic E-state index is 12.9. The normalized spacial score (nSPS) is 20.0. The molecule has 7 nitrogen and oxygen atoms in total. The van der Waals surface area contributed by atoms with Gasteiger partial charge in [-0.15, -0.1) is 0 Å². The average molecular weight is 459 g/mol. The van der Waals surface area contributed by atoms with Crippen molar-refractivity contribution in [3.8, 4) is 0 Å². The van der Waals surface area contributed by atoms with Crippen LogP contribution in [0.2, 0.25) is 0 Å². The van der Waals surface area contributed by atoms with Crippen molar-refractivity contribution in [2.75, 3.05) is 11.9 Å². The monoisotopic (exact) mass is 458 g/mol. The number of carboxylic acids is 1. The molecule has 1 aliphatic heterocycles. The zero-order valence-electron chi connectivity index (χ0n) is 19.2. The van der Waals surface area contributed by atoms with E-state index in [2.05, 4.69) is 27.8 Å². The fourth-order valence-corrected chi connectivity index (χ4v) is 5.04. The number of carbonyl (C=O) groups is 2. The molecule has 1 aliphatic carbocycles. The third-order valence-electron chi connectivity index (χ3n) is 7.08. The maximum Gasteiger partial charge on any atom is 0.305 e. The zero-order chi connectivity index (χ0) is 23.5. The standard InChI is InChI=1S/C27H30N4O3/c32-25(33)15-24(21-14-19-4-1-2-6-23(19)29-16-21)31-27(34)20-12-17(13-20)7-9-22-10-8-18-5-3-11-28-26(18)30-22/h1-2,4,6,8,10,14,16-17,20,24H,3,5,7,9,11-13,15H2,(H,28,30)(H,31,34)(H,32,33). The minimum Gasteiger partial charge on any atom is -0.481 e. The molecule has 0 bridgehead atoms. The van der Waals surface area contributed by atoms with E-state index in [0.29, 0.717) is 5.92 Å². The highest BCUT2D eigenvalue weighted by molar-refractivity contribution is 5.82. The van der Waals surface area contributed by atoms with Crippen LogP contribution >= 0.6 is 0 Å². The van der Waals surface area contributed by atoms with Gasteiger partial charge in [0.15, 0.2) is 0 Å². The number of amides is 1. The fraction of sp³-hybridized carbons (Fsp3) is 0.407. The van der Waals surface area contributed by atoms with Crippen molar-refractivity contribution in [2.45, 2.75) is 51.0 Å². The van der Waals surface area contributed by atoms with Crippen LogP contribution < -0.4 is 10.6 Å². The van der Waals surface area contributed by atoms with E-state index in [-0.39, 0.29) is 18.2 Å². The van der Waals surface area contributed by atoms with Crippen LogP contribution in [-0.2, 0) is 22.4 Å². The van der Waals surface area contributed by atoms with Gasteiger partial charge in [0.05, 0.1) is 18.0 Å². The Morgan fingerprint density at radius 2 is 2.03 bits per heavy atom. The van der Waals surface area contributed by atoms with E-state index in [1.54, 1.807) is 6.20 Å². The van der Waals surface area contributed by atoms with Gasteiger partial charge < -0.3 is 15.7 Å². The summed E-state index contributed by atoms with van der Waals surface area (Å²) in [6, 6.07) is 13.3. The SMILES string of the molecule is O=C(O)CC(NC(=O)C1CC(CCc2ccc3c(n2)NCCC3)C1)c1cnc2ccccc2c1. The largest absolute Gasteiger partial charge is 0.481 e. The smallest absolute Gasteiger partial charge is 0.305 e. The summed E-state index contributed by atoms with van der Waals surface area (Å²) in [6.07, 6.45) is 7.36. The number of rotatable bonds is 8. The van der Waals surface area contributed by atoms with Crippen molar-refractivity contribution in [1.29, 1.82) is 0 Å². The molecule has 34 heavy (non-hydrogen) atoms. The molecule has 7 heteroatoms. The molecule has 5 rings (SSSR count). The Balaban J connectivity index is 1.15. The first-order valence-electron chi connectivity index (χ1n) is 12.1. The van der Waals surface area contributed by atoms with Crippen LogP contribution in [0.15, 0.2) is 48.7 Å². The molecule has 3 heterocycles. The highest BCUT2D eigenvalue weighted by atomic mass is 16.4. The molecule has 1 aromatic carbocycles. The molecular formula is C27H30N4O3.